The van der Waals surface area contributed by atoms with Crippen molar-refractivity contribution < 1.29 is 19.8 Å². The molecule has 1 rings (SSSR count). The molecule has 6 nitrogen and oxygen atoms in total. The largest absolute Gasteiger partial charge is 0.477 e. The molecule has 23 heavy (non-hydrogen) atoms. The van der Waals surface area contributed by atoms with Gasteiger partial charge < -0.3 is 20.4 Å². The van der Waals surface area contributed by atoms with Crippen LogP contribution in [-0.2, 0) is 9.59 Å². The first kappa shape index (κ1) is 19.6. The Kier molecular flexibility index (Phi) is 7.72. The molecule has 0 spiro atoms. The van der Waals surface area contributed by atoms with E-state index >= 15 is 0 Å². The average Bonchev–Trinajstić information content (AvgIpc) is 3.10. The topological polar surface area (TPSA) is 89.9 Å². The molecule has 0 saturated heterocycles. The number of rotatable bonds is 11. The van der Waals surface area contributed by atoms with Crippen molar-refractivity contribution in [2.24, 2.45) is 11.3 Å². The number of hydrogen-bond acceptors (Lipinski definition) is 4. The van der Waals surface area contributed by atoms with Crippen LogP contribution in [0.2, 0.25) is 0 Å². The summed E-state index contributed by atoms with van der Waals surface area (Å²) in [5.41, 5.74) is -0.0102. The van der Waals surface area contributed by atoms with Crippen LogP contribution >= 0.6 is 0 Å². The third kappa shape index (κ3) is 7.14. The third-order valence-corrected chi connectivity index (χ3v) is 4.39. The highest BCUT2D eigenvalue weighted by atomic mass is 16.4. The molecule has 0 aliphatic heterocycles. The van der Waals surface area contributed by atoms with Gasteiger partial charge in [-0.25, -0.2) is 4.79 Å². The number of nitrogens with one attached hydrogen (secondary N) is 1. The standard InChI is InChI=1S/C17H30N2O4/c1-17(2)12-13(17)15(21)18-14(16(22)23)8-6-4-5-7-9-19(3)10-11-20/h8,13,20H,4-7,9-12H2,1-3H3,(H,18,21)(H,22,23). The summed E-state index contributed by atoms with van der Waals surface area (Å²) in [4.78, 5) is 25.2. The minimum absolute atomic E-state index is 0.00454. The predicted molar refractivity (Wildman–Crippen MR) is 88.8 cm³/mol. The summed E-state index contributed by atoms with van der Waals surface area (Å²) >= 11 is 0. The van der Waals surface area contributed by atoms with Crippen molar-refractivity contribution in [3.8, 4) is 0 Å². The molecule has 0 radical (unpaired) electrons. The molecule has 6 heteroatoms. The number of aliphatic hydroxyl groups excluding tert-OH is 1. The van der Waals surface area contributed by atoms with E-state index in [1.165, 1.54) is 0 Å². The molecule has 0 aromatic heterocycles. The van der Waals surface area contributed by atoms with Crippen LogP contribution in [0.5, 0.6) is 0 Å². The van der Waals surface area contributed by atoms with Crippen LogP contribution < -0.4 is 5.32 Å². The monoisotopic (exact) mass is 326 g/mol. The van der Waals surface area contributed by atoms with Crippen molar-refractivity contribution in [1.29, 1.82) is 0 Å². The van der Waals surface area contributed by atoms with Crippen LogP contribution in [0.3, 0.4) is 0 Å². The molecule has 1 fully saturated rings. The molecule has 1 aliphatic rings. The van der Waals surface area contributed by atoms with Gasteiger partial charge in [-0.15, -0.1) is 0 Å². The molecule has 3 N–H and O–H groups in total. The van der Waals surface area contributed by atoms with Gasteiger partial charge in [0.15, 0.2) is 0 Å². The van der Waals surface area contributed by atoms with Crippen molar-refractivity contribution in [1.82, 2.24) is 10.2 Å². The number of aliphatic carboxylic acids is 1. The highest BCUT2D eigenvalue weighted by Crippen LogP contribution is 2.51. The Morgan fingerprint density at radius 2 is 1.91 bits per heavy atom. The van der Waals surface area contributed by atoms with Crippen molar-refractivity contribution in [2.75, 3.05) is 26.7 Å². The summed E-state index contributed by atoms with van der Waals surface area (Å²) in [6.45, 7) is 5.78. The number of carboxylic acid groups (broad SMARTS) is 1. The summed E-state index contributed by atoms with van der Waals surface area (Å²) in [6, 6.07) is 0. The number of aliphatic hydroxyl groups is 1. The second kappa shape index (κ2) is 9.03. The molecule has 1 aliphatic carbocycles. The van der Waals surface area contributed by atoms with Gasteiger partial charge in [-0.3, -0.25) is 4.79 Å². The third-order valence-electron chi connectivity index (χ3n) is 4.39. The fraction of sp³-hybridized carbons (Fsp3) is 0.765. The first-order valence-electron chi connectivity index (χ1n) is 8.31. The summed E-state index contributed by atoms with van der Waals surface area (Å²) in [5.74, 6) is -1.35. The van der Waals surface area contributed by atoms with E-state index in [2.05, 4.69) is 10.2 Å². The Bertz CT molecular complexity index is 446. The van der Waals surface area contributed by atoms with Gasteiger partial charge in [0, 0.05) is 12.5 Å². The van der Waals surface area contributed by atoms with Gasteiger partial charge in [0.2, 0.25) is 5.91 Å². The molecule has 0 aromatic carbocycles. The zero-order valence-corrected chi connectivity index (χ0v) is 14.5. The molecule has 132 valence electrons. The lowest BCUT2D eigenvalue weighted by atomic mass is 10.1. The lowest BCUT2D eigenvalue weighted by Crippen LogP contribution is -2.29. The lowest BCUT2D eigenvalue weighted by Gasteiger charge is -2.14. The zero-order valence-electron chi connectivity index (χ0n) is 14.5. The number of carbonyl (C=O) groups excluding carboxylic acids is 1. The molecule has 1 saturated carbocycles. The normalized spacial score (nSPS) is 19.7. The number of nitrogens with zero attached hydrogens (tertiary/aromatic N) is 1. The van der Waals surface area contributed by atoms with Crippen molar-refractivity contribution >= 4 is 11.9 Å². The first-order chi connectivity index (χ1) is 10.8. The summed E-state index contributed by atoms with van der Waals surface area (Å²) in [6.07, 6.45) is 5.94. The number of carboxylic acids is 1. The SMILES string of the molecule is CN(CCO)CCCCCC=C(NC(=O)C1CC1(C)C)C(=O)O. The van der Waals surface area contributed by atoms with E-state index in [1.807, 2.05) is 20.9 Å². The van der Waals surface area contributed by atoms with Gasteiger partial charge in [0.05, 0.1) is 6.61 Å². The number of amides is 1. The summed E-state index contributed by atoms with van der Waals surface area (Å²) < 4.78 is 0. The maximum absolute atomic E-state index is 12.0. The number of likely N-dealkylation sites (N-methyl/N-ethyl adjacent to an activating group) is 1. The van der Waals surface area contributed by atoms with Gasteiger partial charge in [-0.1, -0.05) is 26.3 Å². The summed E-state index contributed by atoms with van der Waals surface area (Å²) in [7, 11) is 1.97. The Morgan fingerprint density at radius 1 is 1.26 bits per heavy atom. The minimum Gasteiger partial charge on any atom is -0.477 e. The second-order valence-electron chi connectivity index (χ2n) is 7.03. The minimum atomic E-state index is -1.08. The zero-order chi connectivity index (χ0) is 17.5. The van der Waals surface area contributed by atoms with Crippen molar-refractivity contribution in [3.63, 3.8) is 0 Å². The molecule has 1 unspecified atom stereocenters. The van der Waals surface area contributed by atoms with E-state index in [0.29, 0.717) is 13.0 Å². The molecule has 0 heterocycles. The Labute approximate surface area is 138 Å². The second-order valence-corrected chi connectivity index (χ2v) is 7.03. The maximum atomic E-state index is 12.0. The molecule has 1 amide bonds. The van der Waals surface area contributed by atoms with Gasteiger partial charge in [-0.05, 0) is 44.7 Å². The number of hydrogen-bond donors (Lipinski definition) is 3. The van der Waals surface area contributed by atoms with Gasteiger partial charge in [-0.2, -0.15) is 0 Å². The van der Waals surface area contributed by atoms with Crippen molar-refractivity contribution in [3.05, 3.63) is 11.8 Å². The van der Waals surface area contributed by atoms with E-state index in [-0.39, 0.29) is 29.5 Å². The quantitative estimate of drug-likeness (QED) is 0.396. The molecule has 1 atom stereocenters. The number of unbranched alkanes of at least 4 members (excludes halogenated alkanes) is 3. The van der Waals surface area contributed by atoms with Gasteiger partial charge in [0.1, 0.15) is 5.70 Å². The molecular formula is C17H30N2O4. The van der Waals surface area contributed by atoms with Crippen LogP contribution in [0, 0.1) is 11.3 Å². The van der Waals surface area contributed by atoms with E-state index in [0.717, 1.165) is 32.2 Å². The smallest absolute Gasteiger partial charge is 0.352 e. The Morgan fingerprint density at radius 3 is 2.43 bits per heavy atom. The first-order valence-corrected chi connectivity index (χ1v) is 8.31. The highest BCUT2D eigenvalue weighted by Gasteiger charge is 2.50. The van der Waals surface area contributed by atoms with Crippen LogP contribution in [0.4, 0.5) is 0 Å². The Hall–Kier alpha value is -1.40. The van der Waals surface area contributed by atoms with Crippen LogP contribution in [0.1, 0.15) is 46.0 Å². The van der Waals surface area contributed by atoms with Gasteiger partial charge in [0.25, 0.3) is 0 Å². The summed E-state index contributed by atoms with van der Waals surface area (Å²) in [5, 5.41) is 20.5. The van der Waals surface area contributed by atoms with Crippen LogP contribution in [-0.4, -0.2) is 53.7 Å². The van der Waals surface area contributed by atoms with E-state index < -0.39 is 5.97 Å². The lowest BCUT2D eigenvalue weighted by molar-refractivity contribution is -0.135. The van der Waals surface area contributed by atoms with Crippen molar-refractivity contribution in [2.45, 2.75) is 46.0 Å². The predicted octanol–water partition coefficient (Wildman–Crippen LogP) is 1.60. The molecule has 0 bridgehead atoms. The number of carbonyl (C=O) groups is 2. The van der Waals surface area contributed by atoms with Gasteiger partial charge >= 0.3 is 5.97 Å². The highest BCUT2D eigenvalue weighted by molar-refractivity contribution is 5.94. The molecule has 0 aromatic rings. The van der Waals surface area contributed by atoms with E-state index in [4.69, 9.17) is 5.11 Å². The van der Waals surface area contributed by atoms with Crippen LogP contribution in [0.25, 0.3) is 0 Å². The Balaban J connectivity index is 2.27. The average molecular weight is 326 g/mol. The fourth-order valence-corrected chi connectivity index (χ4v) is 2.56. The molecular weight excluding hydrogens is 296 g/mol. The van der Waals surface area contributed by atoms with Crippen LogP contribution in [0.15, 0.2) is 11.8 Å². The maximum Gasteiger partial charge on any atom is 0.352 e. The number of allylic oxidation sites excluding steroid dienone is 1. The van der Waals surface area contributed by atoms with E-state index in [9.17, 15) is 14.7 Å². The fourth-order valence-electron chi connectivity index (χ4n) is 2.56. The van der Waals surface area contributed by atoms with E-state index in [1.54, 1.807) is 6.08 Å².